The molecule has 0 aliphatic heterocycles. The number of carbonyl (C=O) groups excluding carboxylic acids is 4. The van der Waals surface area contributed by atoms with Crippen LogP contribution in [-0.4, -0.2) is 23.6 Å². The molecule has 0 aliphatic rings. The van der Waals surface area contributed by atoms with Crippen LogP contribution in [0.4, 0.5) is 0 Å². The second kappa shape index (κ2) is 5.65. The van der Waals surface area contributed by atoms with Gasteiger partial charge in [-0.05, 0) is 33.0 Å². The maximum absolute atomic E-state index is 12.3. The molecule has 4 rings (SSSR count). The van der Waals surface area contributed by atoms with Gasteiger partial charge in [0.1, 0.15) is 0 Å². The highest BCUT2D eigenvalue weighted by Gasteiger charge is 2.30. The number of hydrogen-bond acceptors (Lipinski definition) is 4. The second-order valence-corrected chi connectivity index (χ2v) is 6.45. The summed E-state index contributed by atoms with van der Waals surface area (Å²) >= 11 is 0. The summed E-state index contributed by atoms with van der Waals surface area (Å²) in [7, 11) is 0. The van der Waals surface area contributed by atoms with Crippen LogP contribution < -0.4 is 22.9 Å². The largest absolute Gasteiger partial charge is 0.366 e. The lowest BCUT2D eigenvalue weighted by Gasteiger charge is -2.20. The van der Waals surface area contributed by atoms with Crippen molar-refractivity contribution in [3.63, 3.8) is 0 Å². The predicted molar refractivity (Wildman–Crippen MR) is 104 cm³/mol. The molecule has 0 atom stereocenters. The molecule has 0 unspecified atom stereocenters. The Labute approximate surface area is 157 Å². The first-order valence-electron chi connectivity index (χ1n) is 8.20. The summed E-state index contributed by atoms with van der Waals surface area (Å²) in [5.41, 5.74) is 21.1. The van der Waals surface area contributed by atoms with E-state index in [4.69, 9.17) is 22.9 Å². The van der Waals surface area contributed by atoms with Gasteiger partial charge in [-0.15, -0.1) is 0 Å². The van der Waals surface area contributed by atoms with Gasteiger partial charge in [0, 0.05) is 10.9 Å². The second-order valence-electron chi connectivity index (χ2n) is 6.45. The summed E-state index contributed by atoms with van der Waals surface area (Å²) in [5, 5.41) is 2.91. The van der Waals surface area contributed by atoms with Crippen molar-refractivity contribution in [1.29, 1.82) is 0 Å². The molecule has 0 heterocycles. The maximum atomic E-state index is 12.3. The number of rotatable bonds is 4. The quantitative estimate of drug-likeness (QED) is 0.390. The molecule has 0 radical (unpaired) electrons. The molecule has 0 bridgehead atoms. The maximum Gasteiger partial charge on any atom is 0.250 e. The minimum absolute atomic E-state index is 0.0106. The van der Waals surface area contributed by atoms with Gasteiger partial charge in [0.15, 0.2) is 0 Å². The lowest BCUT2D eigenvalue weighted by Crippen LogP contribution is -2.28. The van der Waals surface area contributed by atoms with E-state index in [9.17, 15) is 19.2 Å². The van der Waals surface area contributed by atoms with E-state index in [-0.39, 0.29) is 27.5 Å². The molecule has 4 aromatic carbocycles. The van der Waals surface area contributed by atoms with E-state index in [1.54, 1.807) is 24.3 Å². The molecule has 0 saturated heterocycles. The standard InChI is InChI=1S/C20H14N4O4/c21-17(25)10-6-8-3-1-2-7-4-5-9-12(11(7)8)13(10)15(19(23)27)16(20(24)28)14(9)18(22)26/h1-6H,(H2,21,25)(H2,22,26)(H2,23,27)(H2,24,28). The Bertz CT molecular complexity index is 1370. The van der Waals surface area contributed by atoms with Gasteiger partial charge in [-0.1, -0.05) is 30.3 Å². The van der Waals surface area contributed by atoms with Crippen molar-refractivity contribution in [2.75, 3.05) is 0 Å². The molecule has 0 aromatic heterocycles. The van der Waals surface area contributed by atoms with Gasteiger partial charge < -0.3 is 22.9 Å². The van der Waals surface area contributed by atoms with E-state index < -0.39 is 29.2 Å². The van der Waals surface area contributed by atoms with Gasteiger partial charge in [-0.3, -0.25) is 19.2 Å². The average Bonchev–Trinajstić information content (AvgIpc) is 2.63. The van der Waals surface area contributed by atoms with Crippen molar-refractivity contribution in [2.24, 2.45) is 22.9 Å². The molecule has 0 fully saturated rings. The van der Waals surface area contributed by atoms with Crippen LogP contribution in [0, 0.1) is 0 Å². The molecule has 0 aliphatic carbocycles. The van der Waals surface area contributed by atoms with Crippen LogP contribution in [0.2, 0.25) is 0 Å². The van der Waals surface area contributed by atoms with Crippen molar-refractivity contribution in [3.8, 4) is 0 Å². The van der Waals surface area contributed by atoms with E-state index in [1.807, 2.05) is 6.07 Å². The summed E-state index contributed by atoms with van der Waals surface area (Å²) in [6.45, 7) is 0. The minimum atomic E-state index is -1.07. The van der Waals surface area contributed by atoms with Gasteiger partial charge >= 0.3 is 0 Å². The molecule has 8 nitrogen and oxygen atoms in total. The van der Waals surface area contributed by atoms with E-state index >= 15 is 0 Å². The number of hydrogen-bond donors (Lipinski definition) is 4. The Hall–Kier alpha value is -4.20. The first kappa shape index (κ1) is 17.2. The van der Waals surface area contributed by atoms with Crippen LogP contribution in [0.1, 0.15) is 41.4 Å². The Morgan fingerprint density at radius 1 is 0.571 bits per heavy atom. The number of carbonyl (C=O) groups is 4. The molecule has 8 heteroatoms. The topological polar surface area (TPSA) is 172 Å². The third kappa shape index (κ3) is 2.11. The van der Waals surface area contributed by atoms with Gasteiger partial charge in [0.25, 0.3) is 0 Å². The lowest BCUT2D eigenvalue weighted by atomic mass is 9.83. The van der Waals surface area contributed by atoms with Crippen LogP contribution >= 0.6 is 0 Å². The summed E-state index contributed by atoms with van der Waals surface area (Å²) in [5.74, 6) is -3.87. The SMILES string of the molecule is NC(=O)c1c(C(N)=O)c2ccc3cccc4cc(C(N)=O)c(c1C(N)=O)c2c34. The zero-order valence-corrected chi connectivity index (χ0v) is 14.4. The van der Waals surface area contributed by atoms with Gasteiger partial charge in [-0.2, -0.15) is 0 Å². The number of primary amides is 4. The summed E-state index contributed by atoms with van der Waals surface area (Å²) in [6, 6.07) is 10.3. The number of benzene rings is 4. The van der Waals surface area contributed by atoms with Gasteiger partial charge in [0.2, 0.25) is 23.6 Å². The molecule has 28 heavy (non-hydrogen) atoms. The molecular weight excluding hydrogens is 360 g/mol. The minimum Gasteiger partial charge on any atom is -0.366 e. The zero-order chi connectivity index (χ0) is 20.3. The van der Waals surface area contributed by atoms with Gasteiger partial charge in [0.05, 0.1) is 16.7 Å². The fourth-order valence-electron chi connectivity index (χ4n) is 3.95. The molecule has 0 spiro atoms. The fourth-order valence-corrected chi connectivity index (χ4v) is 3.95. The first-order chi connectivity index (χ1) is 13.2. The summed E-state index contributed by atoms with van der Waals surface area (Å²) < 4.78 is 0. The molecule has 0 saturated carbocycles. The van der Waals surface area contributed by atoms with Crippen molar-refractivity contribution >= 4 is 55.9 Å². The van der Waals surface area contributed by atoms with Gasteiger partial charge in [-0.25, -0.2) is 0 Å². The van der Waals surface area contributed by atoms with Crippen LogP contribution in [0.25, 0.3) is 32.3 Å². The van der Waals surface area contributed by atoms with E-state index in [2.05, 4.69) is 0 Å². The zero-order valence-electron chi connectivity index (χ0n) is 14.4. The van der Waals surface area contributed by atoms with E-state index in [0.717, 1.165) is 5.39 Å². The average molecular weight is 374 g/mol. The molecule has 4 aromatic rings. The first-order valence-corrected chi connectivity index (χ1v) is 8.20. The predicted octanol–water partition coefficient (Wildman–Crippen LogP) is 0.980. The fraction of sp³-hybridized carbons (Fsp3) is 0. The highest BCUT2D eigenvalue weighted by atomic mass is 16.2. The molecule has 4 amide bonds. The van der Waals surface area contributed by atoms with Crippen LogP contribution in [0.5, 0.6) is 0 Å². The van der Waals surface area contributed by atoms with Crippen molar-refractivity contribution in [2.45, 2.75) is 0 Å². The third-order valence-electron chi connectivity index (χ3n) is 4.92. The highest BCUT2D eigenvalue weighted by molar-refractivity contribution is 6.36. The lowest BCUT2D eigenvalue weighted by molar-refractivity contribution is 0.0956. The monoisotopic (exact) mass is 374 g/mol. The van der Waals surface area contributed by atoms with Crippen molar-refractivity contribution in [1.82, 2.24) is 0 Å². The Kier molecular flexibility index (Phi) is 3.47. The van der Waals surface area contributed by atoms with Crippen molar-refractivity contribution in [3.05, 3.63) is 58.7 Å². The van der Waals surface area contributed by atoms with E-state index in [1.165, 1.54) is 6.07 Å². The summed E-state index contributed by atoms with van der Waals surface area (Å²) in [4.78, 5) is 49.0. The highest BCUT2D eigenvalue weighted by Crippen LogP contribution is 2.41. The van der Waals surface area contributed by atoms with E-state index in [0.29, 0.717) is 16.2 Å². The van der Waals surface area contributed by atoms with Crippen LogP contribution in [0.15, 0.2) is 36.4 Å². The third-order valence-corrected chi connectivity index (χ3v) is 4.92. The Morgan fingerprint density at radius 3 is 1.75 bits per heavy atom. The normalized spacial score (nSPS) is 11.3. The smallest absolute Gasteiger partial charge is 0.250 e. The Balaban J connectivity index is 2.52. The Morgan fingerprint density at radius 2 is 1.18 bits per heavy atom. The molecule has 8 N–H and O–H groups in total. The molecular formula is C20H14N4O4. The molecule has 138 valence electrons. The van der Waals surface area contributed by atoms with Crippen LogP contribution in [0.3, 0.4) is 0 Å². The number of nitrogens with two attached hydrogens (primary N) is 4. The number of amides is 4. The summed E-state index contributed by atoms with van der Waals surface area (Å²) in [6.07, 6.45) is 0. The van der Waals surface area contributed by atoms with Crippen molar-refractivity contribution < 1.29 is 19.2 Å². The van der Waals surface area contributed by atoms with Crippen LogP contribution in [-0.2, 0) is 0 Å².